The molecule has 198 valence electrons. The van der Waals surface area contributed by atoms with E-state index in [4.69, 9.17) is 30.5 Å². The maximum atomic E-state index is 12.8. The van der Waals surface area contributed by atoms with Gasteiger partial charge in [0.1, 0.15) is 36.4 Å². The Morgan fingerprint density at radius 3 is 2.44 bits per heavy atom. The molecule has 0 atom stereocenters. The van der Waals surface area contributed by atoms with Crippen LogP contribution in [0.4, 0.5) is 5.13 Å². The van der Waals surface area contributed by atoms with E-state index >= 15 is 0 Å². The summed E-state index contributed by atoms with van der Waals surface area (Å²) in [4.78, 5) is 17.2. The Hall–Kier alpha value is -4.52. The van der Waals surface area contributed by atoms with Crippen LogP contribution in [0.15, 0.2) is 77.7 Å². The van der Waals surface area contributed by atoms with E-state index in [1.807, 2.05) is 41.8 Å². The minimum Gasteiger partial charge on any atom is -0.497 e. The Labute approximate surface area is 235 Å². The molecular weight excluding hydrogens is 538 g/mol. The van der Waals surface area contributed by atoms with Crippen LogP contribution in [0.2, 0.25) is 5.02 Å². The number of benzene rings is 3. The van der Waals surface area contributed by atoms with Gasteiger partial charge in [-0.05, 0) is 48.0 Å². The van der Waals surface area contributed by atoms with Gasteiger partial charge >= 0.3 is 0 Å². The summed E-state index contributed by atoms with van der Waals surface area (Å²) in [6, 6.07) is 22.0. The number of hydrogen-bond donors (Lipinski definition) is 1. The fraction of sp³-hybridized carbons (Fsp3) is 0.138. The number of ether oxygens (including phenoxy) is 4. The van der Waals surface area contributed by atoms with E-state index in [2.05, 4.69) is 10.3 Å². The number of thiazole rings is 1. The van der Waals surface area contributed by atoms with Gasteiger partial charge in [0, 0.05) is 10.9 Å². The van der Waals surface area contributed by atoms with Crippen molar-refractivity contribution >= 4 is 40.1 Å². The van der Waals surface area contributed by atoms with E-state index in [9.17, 15) is 10.1 Å². The fourth-order valence-corrected chi connectivity index (χ4v) is 4.48. The van der Waals surface area contributed by atoms with Gasteiger partial charge in [0.25, 0.3) is 5.91 Å². The molecule has 0 fully saturated rings. The number of nitrogens with one attached hydrogen (secondary N) is 1. The number of amides is 1. The molecule has 1 N–H and O–H groups in total. The largest absolute Gasteiger partial charge is 0.497 e. The lowest BCUT2D eigenvalue weighted by molar-refractivity contribution is -0.112. The number of carbonyl (C=O) groups excluding carboxylic acids is 1. The molecule has 0 aliphatic rings. The van der Waals surface area contributed by atoms with Gasteiger partial charge in [-0.2, -0.15) is 5.26 Å². The van der Waals surface area contributed by atoms with Gasteiger partial charge < -0.3 is 18.9 Å². The summed E-state index contributed by atoms with van der Waals surface area (Å²) in [6.45, 7) is 0.483. The number of aromatic nitrogens is 1. The van der Waals surface area contributed by atoms with Crippen LogP contribution >= 0.6 is 22.9 Å². The number of anilines is 1. The quantitative estimate of drug-likeness (QED) is 0.127. The van der Waals surface area contributed by atoms with Gasteiger partial charge in [-0.25, -0.2) is 4.98 Å². The highest BCUT2D eigenvalue weighted by molar-refractivity contribution is 7.14. The highest BCUT2D eigenvalue weighted by Crippen LogP contribution is 2.37. The molecule has 1 aromatic heterocycles. The van der Waals surface area contributed by atoms with Gasteiger partial charge in [0.05, 0.1) is 24.9 Å². The number of nitrogens with zero attached hydrogens (tertiary/aromatic N) is 2. The van der Waals surface area contributed by atoms with Crippen LogP contribution < -0.4 is 24.3 Å². The topological polar surface area (TPSA) is 103 Å². The zero-order valence-electron chi connectivity index (χ0n) is 21.1. The van der Waals surface area contributed by atoms with Gasteiger partial charge in [0.2, 0.25) is 0 Å². The molecule has 0 saturated heterocycles. The maximum Gasteiger partial charge on any atom is 0.268 e. The predicted molar refractivity (Wildman–Crippen MR) is 152 cm³/mol. The second kappa shape index (κ2) is 13.3. The van der Waals surface area contributed by atoms with Crippen LogP contribution in [0, 0.1) is 11.3 Å². The van der Waals surface area contributed by atoms with Crippen molar-refractivity contribution in [1.82, 2.24) is 4.98 Å². The molecule has 0 aliphatic heterocycles. The molecule has 4 rings (SSSR count). The van der Waals surface area contributed by atoms with E-state index in [0.717, 1.165) is 17.0 Å². The fourth-order valence-electron chi connectivity index (χ4n) is 3.49. The summed E-state index contributed by atoms with van der Waals surface area (Å²) >= 11 is 7.73. The number of nitriles is 1. The SMILES string of the molecule is COc1ccc(OCCOc2c(Cl)cc(C=C(C#N)C(=O)Nc3nc(-c4ccccc4)cs3)cc2OC)cc1. The van der Waals surface area contributed by atoms with Crippen LogP contribution in [-0.2, 0) is 4.79 Å². The first-order valence-electron chi connectivity index (χ1n) is 11.7. The average Bonchev–Trinajstić information content (AvgIpc) is 3.43. The Balaban J connectivity index is 1.40. The Morgan fingerprint density at radius 2 is 1.74 bits per heavy atom. The first-order chi connectivity index (χ1) is 19.0. The minimum absolute atomic E-state index is 0.119. The van der Waals surface area contributed by atoms with Crippen molar-refractivity contribution in [2.24, 2.45) is 0 Å². The Bertz CT molecular complexity index is 1500. The van der Waals surface area contributed by atoms with E-state index in [1.54, 1.807) is 43.5 Å². The van der Waals surface area contributed by atoms with Crippen molar-refractivity contribution in [2.45, 2.75) is 0 Å². The maximum absolute atomic E-state index is 12.8. The van der Waals surface area contributed by atoms with Crippen molar-refractivity contribution < 1.29 is 23.7 Å². The van der Waals surface area contributed by atoms with E-state index < -0.39 is 5.91 Å². The number of hydrogen-bond acceptors (Lipinski definition) is 8. The molecule has 0 radical (unpaired) electrons. The van der Waals surface area contributed by atoms with Crippen LogP contribution in [0.5, 0.6) is 23.0 Å². The lowest BCUT2D eigenvalue weighted by Gasteiger charge is -2.14. The minimum atomic E-state index is -0.586. The van der Waals surface area contributed by atoms with Crippen molar-refractivity contribution in [2.75, 3.05) is 32.8 Å². The molecule has 10 heteroatoms. The van der Waals surface area contributed by atoms with Gasteiger partial charge in [-0.1, -0.05) is 41.9 Å². The molecule has 39 heavy (non-hydrogen) atoms. The van der Waals surface area contributed by atoms with Crippen LogP contribution in [-0.4, -0.2) is 38.3 Å². The van der Waals surface area contributed by atoms with Crippen molar-refractivity contribution in [3.63, 3.8) is 0 Å². The van der Waals surface area contributed by atoms with Crippen molar-refractivity contribution in [3.8, 4) is 40.3 Å². The second-order valence-corrected chi connectivity index (χ2v) is 9.20. The highest BCUT2D eigenvalue weighted by atomic mass is 35.5. The summed E-state index contributed by atoms with van der Waals surface area (Å²) in [5.41, 5.74) is 2.04. The van der Waals surface area contributed by atoms with Gasteiger partial charge in [0.15, 0.2) is 16.6 Å². The molecule has 0 bridgehead atoms. The van der Waals surface area contributed by atoms with Crippen molar-refractivity contribution in [1.29, 1.82) is 5.26 Å². The van der Waals surface area contributed by atoms with E-state index in [-0.39, 0.29) is 23.8 Å². The monoisotopic (exact) mass is 561 g/mol. The zero-order chi connectivity index (χ0) is 27.6. The molecule has 8 nitrogen and oxygen atoms in total. The molecule has 0 saturated carbocycles. The third kappa shape index (κ3) is 7.29. The first kappa shape index (κ1) is 27.5. The van der Waals surface area contributed by atoms with E-state index in [1.165, 1.54) is 24.5 Å². The normalized spacial score (nSPS) is 10.9. The number of rotatable bonds is 11. The number of carbonyl (C=O) groups is 1. The second-order valence-electron chi connectivity index (χ2n) is 7.93. The zero-order valence-corrected chi connectivity index (χ0v) is 22.7. The van der Waals surface area contributed by atoms with Crippen LogP contribution in [0.1, 0.15) is 5.56 Å². The van der Waals surface area contributed by atoms with Crippen LogP contribution in [0.25, 0.3) is 17.3 Å². The molecule has 0 unspecified atom stereocenters. The van der Waals surface area contributed by atoms with Gasteiger partial charge in [-0.3, -0.25) is 10.1 Å². The predicted octanol–water partition coefficient (Wildman–Crippen LogP) is 6.48. The summed E-state index contributed by atoms with van der Waals surface area (Å²) < 4.78 is 22.0. The van der Waals surface area contributed by atoms with Gasteiger partial charge in [-0.15, -0.1) is 11.3 Å². The molecule has 1 heterocycles. The third-order valence-electron chi connectivity index (χ3n) is 5.38. The van der Waals surface area contributed by atoms with E-state index in [0.29, 0.717) is 27.9 Å². The first-order valence-corrected chi connectivity index (χ1v) is 13.0. The summed E-state index contributed by atoms with van der Waals surface area (Å²) in [7, 11) is 3.08. The summed E-state index contributed by atoms with van der Waals surface area (Å²) in [6.07, 6.45) is 1.42. The van der Waals surface area contributed by atoms with Crippen molar-refractivity contribution in [3.05, 3.63) is 88.3 Å². The standard InChI is InChI=1S/C29H24ClN3O5S/c1-35-22-8-10-23(11-9-22)37-12-13-38-27-24(30)15-19(16-26(27)36-2)14-21(17-31)28(34)33-29-32-25(18-39-29)20-6-4-3-5-7-20/h3-11,14-16,18H,12-13H2,1-2H3,(H,32,33,34). The Kier molecular flexibility index (Phi) is 9.40. The van der Waals surface area contributed by atoms with Crippen LogP contribution in [0.3, 0.4) is 0 Å². The molecule has 0 aliphatic carbocycles. The highest BCUT2D eigenvalue weighted by Gasteiger charge is 2.16. The molecule has 3 aromatic carbocycles. The lowest BCUT2D eigenvalue weighted by atomic mass is 10.1. The summed E-state index contributed by atoms with van der Waals surface area (Å²) in [5.74, 6) is 1.51. The molecule has 0 spiro atoms. The molecular formula is C29H24ClN3O5S. The lowest BCUT2D eigenvalue weighted by Crippen LogP contribution is -2.13. The number of methoxy groups -OCH3 is 2. The average molecular weight is 562 g/mol. The molecule has 4 aromatic rings. The molecule has 1 amide bonds. The summed E-state index contributed by atoms with van der Waals surface area (Å²) in [5, 5.41) is 14.8. The number of halogens is 1. The smallest absolute Gasteiger partial charge is 0.268 e. The third-order valence-corrected chi connectivity index (χ3v) is 6.42. The Morgan fingerprint density at radius 1 is 1.03 bits per heavy atom.